The molecule has 0 spiro atoms. The molecule has 2 rings (SSSR count). The molecule has 94 valence electrons. The molecular weight excluding hydrogens is 204 g/mol. The normalized spacial score (nSPS) is 25.2. The molecular formula is C17H26. The maximum Gasteiger partial charge on any atom is -0.0157 e. The first-order chi connectivity index (χ1) is 8.16. The molecule has 0 aromatic heterocycles. The van der Waals surface area contributed by atoms with Gasteiger partial charge in [-0.05, 0) is 55.1 Å². The molecule has 0 bridgehead atoms. The summed E-state index contributed by atoms with van der Waals surface area (Å²) in [6, 6.07) is 8.97. The van der Waals surface area contributed by atoms with Crippen molar-refractivity contribution in [3.8, 4) is 0 Å². The van der Waals surface area contributed by atoms with Crippen LogP contribution in [-0.4, -0.2) is 0 Å². The van der Waals surface area contributed by atoms with Gasteiger partial charge in [-0.1, -0.05) is 51.0 Å². The molecule has 0 heteroatoms. The van der Waals surface area contributed by atoms with Gasteiger partial charge in [0, 0.05) is 0 Å². The van der Waals surface area contributed by atoms with Crippen molar-refractivity contribution < 1.29 is 0 Å². The summed E-state index contributed by atoms with van der Waals surface area (Å²) in [7, 11) is 0. The molecule has 1 fully saturated rings. The Bertz CT molecular complexity index is 351. The molecule has 1 aromatic carbocycles. The van der Waals surface area contributed by atoms with Crippen LogP contribution >= 0.6 is 0 Å². The zero-order valence-electron chi connectivity index (χ0n) is 11.6. The first-order valence-electron chi connectivity index (χ1n) is 7.22. The van der Waals surface area contributed by atoms with Crippen LogP contribution in [0.2, 0.25) is 0 Å². The monoisotopic (exact) mass is 230 g/mol. The number of hydrogen-bond donors (Lipinski definition) is 0. The van der Waals surface area contributed by atoms with Crippen molar-refractivity contribution in [3.05, 3.63) is 35.4 Å². The van der Waals surface area contributed by atoms with Gasteiger partial charge < -0.3 is 0 Å². The lowest BCUT2D eigenvalue weighted by molar-refractivity contribution is 0.278. The van der Waals surface area contributed by atoms with Crippen molar-refractivity contribution in [2.24, 2.45) is 11.8 Å². The van der Waals surface area contributed by atoms with E-state index in [1.54, 1.807) is 5.56 Å². The van der Waals surface area contributed by atoms with E-state index in [0.29, 0.717) is 0 Å². The largest absolute Gasteiger partial charge is 0.0628 e. The maximum atomic E-state index is 2.36. The highest BCUT2D eigenvalue weighted by molar-refractivity contribution is 5.29. The molecule has 0 N–H and O–H groups in total. The predicted molar refractivity (Wildman–Crippen MR) is 75.3 cm³/mol. The van der Waals surface area contributed by atoms with Gasteiger partial charge in [0.05, 0.1) is 0 Å². The van der Waals surface area contributed by atoms with Crippen LogP contribution in [0.15, 0.2) is 24.3 Å². The maximum absolute atomic E-state index is 2.36. The fraction of sp³-hybridized carbons (Fsp3) is 0.647. The molecule has 1 aromatic rings. The second kappa shape index (κ2) is 5.71. The lowest BCUT2D eigenvalue weighted by atomic mass is 9.74. The van der Waals surface area contributed by atoms with Crippen molar-refractivity contribution in [2.75, 3.05) is 0 Å². The van der Waals surface area contributed by atoms with Gasteiger partial charge in [-0.2, -0.15) is 0 Å². The van der Waals surface area contributed by atoms with E-state index in [9.17, 15) is 0 Å². The minimum absolute atomic E-state index is 0.827. The average molecular weight is 230 g/mol. The van der Waals surface area contributed by atoms with Crippen LogP contribution in [0.25, 0.3) is 0 Å². The SMILES string of the molecule is Cc1ccccc1C1CCCC(CC(C)C)C1. The Hall–Kier alpha value is -0.780. The first-order valence-corrected chi connectivity index (χ1v) is 7.22. The molecule has 1 aliphatic carbocycles. The van der Waals surface area contributed by atoms with Gasteiger partial charge in [0.2, 0.25) is 0 Å². The van der Waals surface area contributed by atoms with Gasteiger partial charge in [0.25, 0.3) is 0 Å². The second-order valence-electron chi connectivity index (χ2n) is 6.22. The third kappa shape index (κ3) is 3.34. The number of rotatable bonds is 3. The summed E-state index contributed by atoms with van der Waals surface area (Å²) in [5.74, 6) is 2.65. The third-order valence-electron chi connectivity index (χ3n) is 4.22. The summed E-state index contributed by atoms with van der Waals surface area (Å²) in [6.45, 7) is 6.98. The van der Waals surface area contributed by atoms with Crippen LogP contribution in [0.5, 0.6) is 0 Å². The standard InChI is InChI=1S/C17H26/c1-13(2)11-15-8-6-9-16(12-15)17-10-5-4-7-14(17)3/h4-5,7,10,13,15-16H,6,8-9,11-12H2,1-3H3. The minimum atomic E-state index is 0.827. The van der Waals surface area contributed by atoms with Crippen molar-refractivity contribution in [2.45, 2.75) is 58.8 Å². The highest BCUT2D eigenvalue weighted by Gasteiger charge is 2.24. The summed E-state index contributed by atoms with van der Waals surface area (Å²) in [4.78, 5) is 0. The average Bonchev–Trinajstić information content (AvgIpc) is 2.29. The van der Waals surface area contributed by atoms with E-state index >= 15 is 0 Å². The zero-order valence-corrected chi connectivity index (χ0v) is 11.6. The van der Waals surface area contributed by atoms with Crippen LogP contribution in [0.4, 0.5) is 0 Å². The minimum Gasteiger partial charge on any atom is -0.0628 e. The zero-order chi connectivity index (χ0) is 12.3. The van der Waals surface area contributed by atoms with E-state index in [1.807, 2.05) is 0 Å². The molecule has 2 atom stereocenters. The second-order valence-corrected chi connectivity index (χ2v) is 6.22. The molecule has 1 saturated carbocycles. The molecule has 0 amide bonds. The summed E-state index contributed by atoms with van der Waals surface area (Å²) < 4.78 is 0. The first kappa shape index (κ1) is 12.7. The van der Waals surface area contributed by atoms with Gasteiger partial charge in [-0.25, -0.2) is 0 Å². The molecule has 17 heavy (non-hydrogen) atoms. The Kier molecular flexibility index (Phi) is 4.25. The van der Waals surface area contributed by atoms with Crippen molar-refractivity contribution >= 4 is 0 Å². The van der Waals surface area contributed by atoms with Gasteiger partial charge in [0.15, 0.2) is 0 Å². The highest BCUT2D eigenvalue weighted by atomic mass is 14.3. The Labute approximate surface area is 106 Å². The Morgan fingerprint density at radius 2 is 1.94 bits per heavy atom. The fourth-order valence-corrected chi connectivity index (χ4v) is 3.50. The number of hydrogen-bond acceptors (Lipinski definition) is 0. The van der Waals surface area contributed by atoms with Crippen molar-refractivity contribution in [1.29, 1.82) is 0 Å². The Morgan fingerprint density at radius 3 is 2.65 bits per heavy atom. The molecule has 0 saturated heterocycles. The van der Waals surface area contributed by atoms with E-state index in [2.05, 4.69) is 45.0 Å². The quantitative estimate of drug-likeness (QED) is 0.659. The summed E-state index contributed by atoms with van der Waals surface area (Å²) in [6.07, 6.45) is 7.13. The lowest BCUT2D eigenvalue weighted by Gasteiger charge is -2.31. The van der Waals surface area contributed by atoms with E-state index in [1.165, 1.54) is 37.7 Å². The third-order valence-corrected chi connectivity index (χ3v) is 4.22. The van der Waals surface area contributed by atoms with Crippen LogP contribution in [0.3, 0.4) is 0 Å². The molecule has 1 aliphatic rings. The van der Waals surface area contributed by atoms with E-state index in [4.69, 9.17) is 0 Å². The molecule has 0 radical (unpaired) electrons. The van der Waals surface area contributed by atoms with Crippen LogP contribution in [-0.2, 0) is 0 Å². The van der Waals surface area contributed by atoms with Crippen molar-refractivity contribution in [3.63, 3.8) is 0 Å². The van der Waals surface area contributed by atoms with Gasteiger partial charge >= 0.3 is 0 Å². The lowest BCUT2D eigenvalue weighted by Crippen LogP contribution is -2.16. The van der Waals surface area contributed by atoms with Gasteiger partial charge in [-0.3, -0.25) is 0 Å². The predicted octanol–water partition coefficient (Wildman–Crippen LogP) is 5.31. The summed E-state index contributed by atoms with van der Waals surface area (Å²) >= 11 is 0. The number of benzene rings is 1. The fourth-order valence-electron chi connectivity index (χ4n) is 3.50. The summed E-state index contributed by atoms with van der Waals surface area (Å²) in [5, 5.41) is 0. The smallest absolute Gasteiger partial charge is 0.0157 e. The molecule has 0 aliphatic heterocycles. The van der Waals surface area contributed by atoms with Gasteiger partial charge in [-0.15, -0.1) is 0 Å². The Balaban J connectivity index is 2.04. The molecule has 2 unspecified atom stereocenters. The van der Waals surface area contributed by atoms with Crippen LogP contribution in [0.1, 0.15) is 63.0 Å². The Morgan fingerprint density at radius 1 is 1.18 bits per heavy atom. The highest BCUT2D eigenvalue weighted by Crippen LogP contribution is 2.39. The van der Waals surface area contributed by atoms with E-state index in [-0.39, 0.29) is 0 Å². The summed E-state index contributed by atoms with van der Waals surface area (Å²) in [5.41, 5.74) is 3.10. The van der Waals surface area contributed by atoms with E-state index in [0.717, 1.165) is 17.8 Å². The topological polar surface area (TPSA) is 0 Å². The molecule has 0 heterocycles. The van der Waals surface area contributed by atoms with Crippen LogP contribution in [0, 0.1) is 18.8 Å². The van der Waals surface area contributed by atoms with E-state index < -0.39 is 0 Å². The van der Waals surface area contributed by atoms with Crippen molar-refractivity contribution in [1.82, 2.24) is 0 Å². The molecule has 0 nitrogen and oxygen atoms in total. The van der Waals surface area contributed by atoms with Crippen LogP contribution < -0.4 is 0 Å². The number of aryl methyl sites for hydroxylation is 1. The van der Waals surface area contributed by atoms with Gasteiger partial charge in [0.1, 0.15) is 0 Å².